The summed E-state index contributed by atoms with van der Waals surface area (Å²) in [6.45, 7) is 1.82. The molecular formula is C19H25FN6O2. The van der Waals surface area contributed by atoms with Crippen molar-refractivity contribution in [3.63, 3.8) is 0 Å². The van der Waals surface area contributed by atoms with Gasteiger partial charge in [-0.15, -0.1) is 5.10 Å². The summed E-state index contributed by atoms with van der Waals surface area (Å²) < 4.78 is 20.3. The minimum Gasteiger partial charge on any atom is -0.481 e. The summed E-state index contributed by atoms with van der Waals surface area (Å²) in [7, 11) is 1.47. The molecule has 2 aromatic heterocycles. The molecule has 4 rings (SSSR count). The number of nitrogens with zero attached hydrogens (tertiary/aromatic N) is 4. The Morgan fingerprint density at radius 2 is 2.04 bits per heavy atom. The summed E-state index contributed by atoms with van der Waals surface area (Å²) >= 11 is 0. The molecule has 0 spiro atoms. The Morgan fingerprint density at radius 3 is 2.64 bits per heavy atom. The van der Waals surface area contributed by atoms with Crippen LogP contribution in [0.4, 0.5) is 10.2 Å². The van der Waals surface area contributed by atoms with E-state index in [-0.39, 0.29) is 17.9 Å². The van der Waals surface area contributed by atoms with Crippen LogP contribution in [0.15, 0.2) is 18.5 Å². The number of nitrogens with one attached hydrogen (secondary N) is 1. The fourth-order valence-corrected chi connectivity index (χ4v) is 3.90. The van der Waals surface area contributed by atoms with Crippen molar-refractivity contribution in [2.75, 3.05) is 12.4 Å². The second kappa shape index (κ2) is 7.46. The topological polar surface area (TPSA) is 108 Å². The number of carbonyl (C=O) groups excluding carboxylic acids is 1. The van der Waals surface area contributed by atoms with E-state index in [1.165, 1.54) is 43.5 Å². The normalized spacial score (nSPS) is 18.8. The van der Waals surface area contributed by atoms with E-state index in [0.29, 0.717) is 29.1 Å². The molecule has 2 aliphatic carbocycles. The maximum Gasteiger partial charge on any atom is 0.242 e. The smallest absolute Gasteiger partial charge is 0.242 e. The first-order valence-corrected chi connectivity index (χ1v) is 9.65. The van der Waals surface area contributed by atoms with Crippen LogP contribution in [0.2, 0.25) is 0 Å². The SMILES string of the molecule is COc1ncc(F)cc1C(C)n1cc(NC(=O)C(N)C(C2CC2)C2CC2)nn1. The number of nitrogens with two attached hydrogens (primary N) is 1. The fraction of sp³-hybridized carbons (Fsp3) is 0.579. The number of amides is 1. The molecule has 2 aliphatic rings. The number of halogens is 1. The van der Waals surface area contributed by atoms with Crippen molar-refractivity contribution in [2.24, 2.45) is 23.5 Å². The highest BCUT2D eigenvalue weighted by Crippen LogP contribution is 2.50. The van der Waals surface area contributed by atoms with E-state index < -0.39 is 11.9 Å². The van der Waals surface area contributed by atoms with E-state index in [2.05, 4.69) is 20.6 Å². The van der Waals surface area contributed by atoms with E-state index in [9.17, 15) is 9.18 Å². The van der Waals surface area contributed by atoms with Crippen LogP contribution in [0, 0.1) is 23.6 Å². The zero-order chi connectivity index (χ0) is 19.8. The summed E-state index contributed by atoms with van der Waals surface area (Å²) in [6, 6.07) is 0.438. The van der Waals surface area contributed by atoms with Crippen LogP contribution in [-0.4, -0.2) is 39.0 Å². The zero-order valence-corrected chi connectivity index (χ0v) is 16.0. The number of ether oxygens (including phenoxy) is 1. The van der Waals surface area contributed by atoms with Crippen molar-refractivity contribution < 1.29 is 13.9 Å². The molecule has 9 heteroatoms. The molecule has 3 N–H and O–H groups in total. The van der Waals surface area contributed by atoms with Crippen LogP contribution in [0.3, 0.4) is 0 Å². The Labute approximate surface area is 162 Å². The summed E-state index contributed by atoms with van der Waals surface area (Å²) in [6.07, 6.45) is 7.36. The summed E-state index contributed by atoms with van der Waals surface area (Å²) in [5.74, 6) is 1.36. The molecule has 28 heavy (non-hydrogen) atoms. The Balaban J connectivity index is 1.45. The molecule has 0 saturated heterocycles. The maximum atomic E-state index is 13.6. The second-order valence-corrected chi connectivity index (χ2v) is 7.78. The molecule has 2 unspecified atom stereocenters. The lowest BCUT2D eigenvalue weighted by Crippen LogP contribution is -2.43. The van der Waals surface area contributed by atoms with Gasteiger partial charge in [-0.2, -0.15) is 0 Å². The van der Waals surface area contributed by atoms with Crippen molar-refractivity contribution in [3.8, 4) is 5.88 Å². The van der Waals surface area contributed by atoms with Crippen molar-refractivity contribution >= 4 is 11.7 Å². The predicted molar refractivity (Wildman–Crippen MR) is 100 cm³/mol. The number of methoxy groups -OCH3 is 1. The summed E-state index contributed by atoms with van der Waals surface area (Å²) in [4.78, 5) is 16.6. The van der Waals surface area contributed by atoms with E-state index in [4.69, 9.17) is 10.5 Å². The number of rotatable bonds is 8. The van der Waals surface area contributed by atoms with Gasteiger partial charge in [-0.1, -0.05) is 5.21 Å². The first kappa shape index (κ1) is 18.8. The monoisotopic (exact) mass is 388 g/mol. The van der Waals surface area contributed by atoms with Gasteiger partial charge in [0, 0.05) is 5.56 Å². The molecule has 2 aromatic rings. The molecule has 0 radical (unpaired) electrons. The molecule has 2 fully saturated rings. The molecule has 2 atom stereocenters. The molecule has 2 saturated carbocycles. The van der Waals surface area contributed by atoms with Gasteiger partial charge in [-0.25, -0.2) is 14.1 Å². The van der Waals surface area contributed by atoms with Crippen LogP contribution in [0.25, 0.3) is 0 Å². The number of anilines is 1. The molecule has 150 valence electrons. The first-order chi connectivity index (χ1) is 13.5. The lowest BCUT2D eigenvalue weighted by atomic mass is 9.89. The summed E-state index contributed by atoms with van der Waals surface area (Å²) in [5.41, 5.74) is 6.80. The molecule has 1 amide bonds. The standard InChI is InChI=1S/C19H25FN6O2/c1-10(14-7-13(20)8-22-19(14)28-2)26-9-15(24-25-26)23-18(27)17(21)16(11-3-4-11)12-5-6-12/h7-12,16-17H,3-6,21H2,1-2H3,(H,23,27). The highest BCUT2D eigenvalue weighted by atomic mass is 19.1. The van der Waals surface area contributed by atoms with Gasteiger partial charge in [0.15, 0.2) is 5.82 Å². The van der Waals surface area contributed by atoms with Crippen molar-refractivity contribution in [2.45, 2.75) is 44.7 Å². The largest absolute Gasteiger partial charge is 0.481 e. The maximum absolute atomic E-state index is 13.6. The van der Waals surface area contributed by atoms with Gasteiger partial charge < -0.3 is 15.8 Å². The van der Waals surface area contributed by atoms with E-state index >= 15 is 0 Å². The highest BCUT2D eigenvalue weighted by Gasteiger charge is 2.46. The van der Waals surface area contributed by atoms with E-state index in [1.807, 2.05) is 6.92 Å². The number of hydrogen-bond donors (Lipinski definition) is 2. The van der Waals surface area contributed by atoms with Crippen LogP contribution in [0.1, 0.15) is 44.2 Å². The Hall–Kier alpha value is -2.55. The van der Waals surface area contributed by atoms with E-state index in [0.717, 1.165) is 6.20 Å². The minimum atomic E-state index is -0.532. The third-order valence-corrected chi connectivity index (χ3v) is 5.70. The number of hydrogen-bond acceptors (Lipinski definition) is 6. The fourth-order valence-electron chi connectivity index (χ4n) is 3.90. The van der Waals surface area contributed by atoms with Gasteiger partial charge in [0.1, 0.15) is 5.82 Å². The third kappa shape index (κ3) is 3.84. The van der Waals surface area contributed by atoms with Crippen LogP contribution < -0.4 is 15.8 Å². The molecule has 2 heterocycles. The Bertz CT molecular complexity index is 852. The first-order valence-electron chi connectivity index (χ1n) is 9.65. The van der Waals surface area contributed by atoms with Gasteiger partial charge in [-0.3, -0.25) is 4.79 Å². The predicted octanol–water partition coefficient (Wildman–Crippen LogP) is 2.13. The number of pyridine rings is 1. The number of carbonyl (C=O) groups is 1. The lowest BCUT2D eigenvalue weighted by Gasteiger charge is -2.22. The van der Waals surface area contributed by atoms with Gasteiger partial charge in [0.2, 0.25) is 11.8 Å². The zero-order valence-electron chi connectivity index (χ0n) is 16.0. The van der Waals surface area contributed by atoms with Gasteiger partial charge in [-0.05, 0) is 56.4 Å². The Morgan fingerprint density at radius 1 is 1.36 bits per heavy atom. The summed E-state index contributed by atoms with van der Waals surface area (Å²) in [5, 5.41) is 10.8. The van der Waals surface area contributed by atoms with Crippen molar-refractivity contribution in [1.29, 1.82) is 0 Å². The Kier molecular flexibility index (Phi) is 5.01. The van der Waals surface area contributed by atoms with Crippen LogP contribution >= 0.6 is 0 Å². The number of aromatic nitrogens is 4. The average Bonchev–Trinajstić information content (AvgIpc) is 3.62. The molecule has 0 aromatic carbocycles. The molecule has 8 nitrogen and oxygen atoms in total. The van der Waals surface area contributed by atoms with Crippen molar-refractivity contribution in [1.82, 2.24) is 20.0 Å². The molecule has 0 bridgehead atoms. The van der Waals surface area contributed by atoms with Crippen molar-refractivity contribution in [3.05, 3.63) is 29.8 Å². The minimum absolute atomic E-state index is 0.228. The highest BCUT2D eigenvalue weighted by molar-refractivity contribution is 5.94. The lowest BCUT2D eigenvalue weighted by molar-refractivity contribution is -0.118. The molecular weight excluding hydrogens is 363 g/mol. The van der Waals surface area contributed by atoms with Gasteiger partial charge in [0.25, 0.3) is 0 Å². The van der Waals surface area contributed by atoms with Crippen LogP contribution in [-0.2, 0) is 4.79 Å². The third-order valence-electron chi connectivity index (χ3n) is 5.70. The van der Waals surface area contributed by atoms with E-state index in [1.54, 1.807) is 6.20 Å². The quantitative estimate of drug-likeness (QED) is 0.717. The van der Waals surface area contributed by atoms with Gasteiger partial charge in [0.05, 0.1) is 31.6 Å². The molecule has 0 aliphatic heterocycles. The second-order valence-electron chi connectivity index (χ2n) is 7.78. The average molecular weight is 388 g/mol. The van der Waals surface area contributed by atoms with Crippen LogP contribution in [0.5, 0.6) is 5.88 Å². The van der Waals surface area contributed by atoms with Gasteiger partial charge >= 0.3 is 0 Å².